The lowest BCUT2D eigenvalue weighted by molar-refractivity contribution is -0.152. The number of Topliss-reactive ketones (excluding diaryl/α,β-unsaturated/α-hetero) is 1. The lowest BCUT2D eigenvalue weighted by atomic mass is 10.0. The number of carbonyl (C=O) groups excluding carboxylic acids is 3. The van der Waals surface area contributed by atoms with E-state index >= 15 is 0 Å². The molecule has 0 unspecified atom stereocenters. The van der Waals surface area contributed by atoms with Crippen LogP contribution in [0.25, 0.3) is 11.1 Å². The summed E-state index contributed by atoms with van der Waals surface area (Å²) in [6.07, 6.45) is 0.812. The topological polar surface area (TPSA) is 63.7 Å². The van der Waals surface area contributed by atoms with Gasteiger partial charge < -0.3 is 9.64 Å². The number of ketones is 1. The fourth-order valence-corrected chi connectivity index (χ4v) is 4.97. The number of amides is 1. The largest absolute Gasteiger partial charge is 0.455 e. The zero-order valence-corrected chi connectivity index (χ0v) is 15.5. The van der Waals surface area contributed by atoms with Gasteiger partial charge >= 0.3 is 5.97 Å². The Kier molecular flexibility index (Phi) is 4.74. The van der Waals surface area contributed by atoms with Crippen LogP contribution < -0.4 is 0 Å². The summed E-state index contributed by atoms with van der Waals surface area (Å²) in [5.41, 5.74) is 2.59. The van der Waals surface area contributed by atoms with Crippen LogP contribution >= 0.6 is 11.8 Å². The van der Waals surface area contributed by atoms with Crippen molar-refractivity contribution in [3.8, 4) is 11.1 Å². The average molecular weight is 381 g/mol. The van der Waals surface area contributed by atoms with Crippen LogP contribution in [0.1, 0.15) is 23.2 Å². The zero-order chi connectivity index (χ0) is 18.9. The first kappa shape index (κ1) is 17.8. The van der Waals surface area contributed by atoms with Crippen LogP contribution in [0.15, 0.2) is 54.6 Å². The molecule has 0 bridgehead atoms. The molecular formula is C21H19NO4S. The number of thioether (sulfide) groups is 1. The predicted octanol–water partition coefficient (Wildman–Crippen LogP) is 3.15. The molecule has 0 aliphatic carbocycles. The molecule has 2 aliphatic rings. The molecule has 1 atom stereocenters. The Hall–Kier alpha value is -2.60. The van der Waals surface area contributed by atoms with Crippen LogP contribution in [0.3, 0.4) is 0 Å². The number of rotatable bonds is 5. The van der Waals surface area contributed by atoms with E-state index < -0.39 is 10.8 Å². The Morgan fingerprint density at radius 2 is 1.74 bits per heavy atom. The maximum absolute atomic E-state index is 12.6. The van der Waals surface area contributed by atoms with E-state index in [0.717, 1.165) is 16.9 Å². The number of hydrogen-bond acceptors (Lipinski definition) is 5. The number of hydrogen-bond donors (Lipinski definition) is 0. The number of ether oxygens (including phenoxy) is 1. The molecule has 1 amide bonds. The van der Waals surface area contributed by atoms with Gasteiger partial charge in [-0.2, -0.15) is 0 Å². The fraction of sp³-hybridized carbons (Fsp3) is 0.286. The van der Waals surface area contributed by atoms with Gasteiger partial charge in [-0.05, 0) is 17.5 Å². The Balaban J connectivity index is 1.40. The molecule has 5 nitrogen and oxygen atoms in total. The van der Waals surface area contributed by atoms with Crippen molar-refractivity contribution in [3.63, 3.8) is 0 Å². The van der Waals surface area contributed by atoms with Gasteiger partial charge in [0.1, 0.15) is 0 Å². The second-order valence-electron chi connectivity index (χ2n) is 6.62. The maximum Gasteiger partial charge on any atom is 0.343 e. The van der Waals surface area contributed by atoms with Gasteiger partial charge in [0.05, 0.1) is 0 Å². The lowest BCUT2D eigenvalue weighted by Crippen LogP contribution is -2.46. The Morgan fingerprint density at radius 1 is 1.04 bits per heavy atom. The lowest BCUT2D eigenvalue weighted by Gasteiger charge is -2.28. The molecule has 2 aliphatic heterocycles. The third kappa shape index (κ3) is 3.25. The summed E-state index contributed by atoms with van der Waals surface area (Å²) in [5.74, 6) is -0.0291. The quantitative estimate of drug-likeness (QED) is 0.588. The molecule has 6 heteroatoms. The van der Waals surface area contributed by atoms with Crippen LogP contribution in [0.4, 0.5) is 0 Å². The minimum absolute atomic E-state index is 0.0141. The van der Waals surface area contributed by atoms with Crippen molar-refractivity contribution in [2.24, 2.45) is 0 Å². The first-order valence-electron chi connectivity index (χ1n) is 8.90. The summed E-state index contributed by atoms with van der Waals surface area (Å²) in [6, 6.07) is 17.1. The van der Waals surface area contributed by atoms with Gasteiger partial charge in [0.25, 0.3) is 0 Å². The van der Waals surface area contributed by atoms with E-state index in [0.29, 0.717) is 24.9 Å². The fourth-order valence-electron chi connectivity index (χ4n) is 3.59. The standard InChI is InChI=1S/C21H19NO4S/c23-18(17-8-6-16(7-9-17)15-4-2-1-3-5-15)14-26-20(25)21-11-10-19(24)22(21)12-13-27-21/h1-9H,10-14H2/t21-/m0/s1. The van der Waals surface area contributed by atoms with Crippen LogP contribution in [-0.4, -0.2) is 46.3 Å². The van der Waals surface area contributed by atoms with Crippen molar-refractivity contribution in [3.05, 3.63) is 60.2 Å². The molecule has 4 rings (SSSR count). The van der Waals surface area contributed by atoms with Gasteiger partial charge in [-0.3, -0.25) is 9.59 Å². The van der Waals surface area contributed by atoms with Gasteiger partial charge in [-0.15, -0.1) is 11.8 Å². The smallest absolute Gasteiger partial charge is 0.343 e. The molecule has 138 valence electrons. The van der Waals surface area contributed by atoms with E-state index in [4.69, 9.17) is 4.74 Å². The molecule has 0 N–H and O–H groups in total. The molecule has 2 aromatic carbocycles. The minimum Gasteiger partial charge on any atom is -0.455 e. The summed E-state index contributed by atoms with van der Waals surface area (Å²) in [5, 5.41) is 0. The van der Waals surface area contributed by atoms with E-state index in [9.17, 15) is 14.4 Å². The molecule has 0 radical (unpaired) electrons. The van der Waals surface area contributed by atoms with Crippen LogP contribution in [-0.2, 0) is 14.3 Å². The minimum atomic E-state index is -0.922. The molecule has 2 heterocycles. The monoisotopic (exact) mass is 381 g/mol. The Morgan fingerprint density at radius 3 is 2.48 bits per heavy atom. The first-order valence-corrected chi connectivity index (χ1v) is 9.89. The molecule has 27 heavy (non-hydrogen) atoms. The predicted molar refractivity (Wildman–Crippen MR) is 103 cm³/mol. The highest BCUT2D eigenvalue weighted by molar-refractivity contribution is 8.01. The molecule has 0 saturated carbocycles. The van der Waals surface area contributed by atoms with E-state index in [1.54, 1.807) is 17.0 Å². The summed E-state index contributed by atoms with van der Waals surface area (Å²) in [7, 11) is 0. The number of benzene rings is 2. The number of fused-ring (bicyclic) bond motifs is 1. The van der Waals surface area contributed by atoms with Crippen molar-refractivity contribution < 1.29 is 19.1 Å². The van der Waals surface area contributed by atoms with Gasteiger partial charge in [-0.1, -0.05) is 54.6 Å². The van der Waals surface area contributed by atoms with Crippen LogP contribution in [0.2, 0.25) is 0 Å². The summed E-state index contributed by atoms with van der Waals surface area (Å²) in [4.78, 5) is 37.6. The van der Waals surface area contributed by atoms with E-state index in [2.05, 4.69) is 0 Å². The Bertz CT molecular complexity index is 881. The Labute approximate surface area is 161 Å². The third-order valence-electron chi connectivity index (χ3n) is 5.04. The highest BCUT2D eigenvalue weighted by Gasteiger charge is 2.56. The summed E-state index contributed by atoms with van der Waals surface area (Å²) in [6.45, 7) is 0.251. The highest BCUT2D eigenvalue weighted by Crippen LogP contribution is 2.45. The van der Waals surface area contributed by atoms with Crippen molar-refractivity contribution in [1.29, 1.82) is 0 Å². The summed E-state index contributed by atoms with van der Waals surface area (Å²) >= 11 is 1.44. The van der Waals surface area contributed by atoms with Gasteiger partial charge in [-0.25, -0.2) is 4.79 Å². The molecular weight excluding hydrogens is 362 g/mol. The van der Waals surface area contributed by atoms with Gasteiger partial charge in [0.2, 0.25) is 5.91 Å². The van der Waals surface area contributed by atoms with Gasteiger partial charge in [0.15, 0.2) is 17.3 Å². The SMILES string of the molecule is O=C(COC(=O)[C@@]12CCC(=O)N1CCS2)c1ccc(-c2ccccc2)cc1. The molecule has 2 fully saturated rings. The van der Waals surface area contributed by atoms with Crippen molar-refractivity contribution >= 4 is 29.4 Å². The van der Waals surface area contributed by atoms with Crippen molar-refractivity contribution in [2.75, 3.05) is 18.9 Å². The van der Waals surface area contributed by atoms with Crippen molar-refractivity contribution in [1.82, 2.24) is 4.90 Å². The summed E-state index contributed by atoms with van der Waals surface area (Å²) < 4.78 is 5.31. The third-order valence-corrected chi connectivity index (χ3v) is 6.49. The number of carbonyl (C=O) groups is 3. The zero-order valence-electron chi connectivity index (χ0n) is 14.7. The van der Waals surface area contributed by atoms with Gasteiger partial charge in [0, 0.05) is 24.3 Å². The van der Waals surface area contributed by atoms with Crippen LogP contribution in [0, 0.1) is 0 Å². The van der Waals surface area contributed by atoms with E-state index in [1.165, 1.54) is 11.8 Å². The average Bonchev–Trinajstić information content (AvgIpc) is 3.28. The van der Waals surface area contributed by atoms with E-state index in [1.807, 2.05) is 42.5 Å². The molecule has 0 spiro atoms. The highest BCUT2D eigenvalue weighted by atomic mass is 32.2. The second-order valence-corrected chi connectivity index (χ2v) is 7.99. The second kappa shape index (κ2) is 7.19. The van der Waals surface area contributed by atoms with Crippen molar-refractivity contribution in [2.45, 2.75) is 17.7 Å². The molecule has 2 saturated heterocycles. The van der Waals surface area contributed by atoms with Crippen LogP contribution in [0.5, 0.6) is 0 Å². The first-order chi connectivity index (χ1) is 13.1. The number of nitrogens with zero attached hydrogens (tertiary/aromatic N) is 1. The maximum atomic E-state index is 12.6. The normalized spacial score (nSPS) is 21.2. The number of esters is 1. The molecule has 2 aromatic rings. The van der Waals surface area contributed by atoms with E-state index in [-0.39, 0.29) is 18.3 Å². The molecule has 0 aromatic heterocycles.